The number of aliphatic imine (C=N–C) groups is 1. The molecule has 2 aromatic rings. The van der Waals surface area contributed by atoms with Gasteiger partial charge in [-0.3, -0.25) is 4.99 Å². The third kappa shape index (κ3) is 9.05. The standard InChI is InChI=1S/C19H28BrN5O.HI/c1-4-15(11-16-7-6-8-17(20)12-16)13-23-19(21-5-2)22-10-9-18-24-14(3)25-26-18;/h6-8,12,15H,4-5,9-11,13H2,1-3H3,(H2,21,22,23);1H. The van der Waals surface area contributed by atoms with Crippen LogP contribution in [0.5, 0.6) is 0 Å². The minimum Gasteiger partial charge on any atom is -0.357 e. The van der Waals surface area contributed by atoms with Gasteiger partial charge in [0.2, 0.25) is 5.89 Å². The Morgan fingerprint density at radius 1 is 1.30 bits per heavy atom. The van der Waals surface area contributed by atoms with Gasteiger partial charge in [0, 0.05) is 30.5 Å². The number of hydrogen-bond acceptors (Lipinski definition) is 4. The van der Waals surface area contributed by atoms with Gasteiger partial charge < -0.3 is 15.2 Å². The monoisotopic (exact) mass is 549 g/mol. The van der Waals surface area contributed by atoms with Gasteiger partial charge in [0.05, 0.1) is 0 Å². The van der Waals surface area contributed by atoms with Gasteiger partial charge >= 0.3 is 0 Å². The van der Waals surface area contributed by atoms with Gasteiger partial charge in [-0.05, 0) is 43.9 Å². The zero-order chi connectivity index (χ0) is 18.8. The average molecular weight is 550 g/mol. The molecule has 27 heavy (non-hydrogen) atoms. The summed E-state index contributed by atoms with van der Waals surface area (Å²) in [7, 11) is 0. The molecule has 2 rings (SSSR count). The van der Waals surface area contributed by atoms with Gasteiger partial charge in [-0.25, -0.2) is 0 Å². The number of hydrogen-bond donors (Lipinski definition) is 2. The lowest BCUT2D eigenvalue weighted by Crippen LogP contribution is -2.38. The van der Waals surface area contributed by atoms with E-state index in [0.29, 0.717) is 30.6 Å². The SMILES string of the molecule is CCNC(=NCC(CC)Cc1cccc(Br)c1)NCCc1nc(C)no1.I. The molecular formula is C19H29BrIN5O. The summed E-state index contributed by atoms with van der Waals surface area (Å²) in [6.07, 6.45) is 2.80. The Labute approximate surface area is 187 Å². The first-order valence-corrected chi connectivity index (χ1v) is 9.95. The summed E-state index contributed by atoms with van der Waals surface area (Å²) in [5.41, 5.74) is 1.34. The molecule has 1 aromatic heterocycles. The van der Waals surface area contributed by atoms with E-state index < -0.39 is 0 Å². The quantitative estimate of drug-likeness (QED) is 0.279. The van der Waals surface area contributed by atoms with Crippen LogP contribution in [-0.4, -0.2) is 35.7 Å². The van der Waals surface area contributed by atoms with Crippen LogP contribution in [0, 0.1) is 12.8 Å². The fraction of sp³-hybridized carbons (Fsp3) is 0.526. The van der Waals surface area contributed by atoms with Crippen molar-refractivity contribution in [3.63, 3.8) is 0 Å². The second kappa shape index (κ2) is 13.1. The smallest absolute Gasteiger partial charge is 0.228 e. The first-order valence-electron chi connectivity index (χ1n) is 9.16. The van der Waals surface area contributed by atoms with Crippen molar-refractivity contribution in [1.29, 1.82) is 0 Å². The van der Waals surface area contributed by atoms with Crippen LogP contribution in [0.2, 0.25) is 0 Å². The molecule has 1 aromatic carbocycles. The molecule has 2 N–H and O–H groups in total. The molecule has 0 aliphatic heterocycles. The predicted octanol–water partition coefficient (Wildman–Crippen LogP) is 4.13. The van der Waals surface area contributed by atoms with Crippen molar-refractivity contribution in [2.24, 2.45) is 10.9 Å². The molecule has 0 saturated heterocycles. The fourth-order valence-corrected chi connectivity index (χ4v) is 3.07. The number of nitrogens with zero attached hydrogens (tertiary/aromatic N) is 3. The largest absolute Gasteiger partial charge is 0.357 e. The maximum absolute atomic E-state index is 5.13. The molecule has 8 heteroatoms. The lowest BCUT2D eigenvalue weighted by Gasteiger charge is -2.15. The molecule has 150 valence electrons. The van der Waals surface area contributed by atoms with Gasteiger partial charge in [-0.15, -0.1) is 24.0 Å². The summed E-state index contributed by atoms with van der Waals surface area (Å²) >= 11 is 3.54. The first kappa shape index (κ1) is 23.9. The summed E-state index contributed by atoms with van der Waals surface area (Å²) in [4.78, 5) is 8.97. The summed E-state index contributed by atoms with van der Waals surface area (Å²) < 4.78 is 6.26. The van der Waals surface area contributed by atoms with E-state index in [1.54, 1.807) is 0 Å². The van der Waals surface area contributed by atoms with Gasteiger partial charge in [0.15, 0.2) is 11.8 Å². The zero-order valence-electron chi connectivity index (χ0n) is 16.2. The van der Waals surface area contributed by atoms with Crippen molar-refractivity contribution in [1.82, 2.24) is 20.8 Å². The minimum absolute atomic E-state index is 0. The highest BCUT2D eigenvalue weighted by Crippen LogP contribution is 2.17. The van der Waals surface area contributed by atoms with E-state index in [4.69, 9.17) is 9.52 Å². The number of rotatable bonds is 9. The number of halogens is 2. The normalized spacial score (nSPS) is 12.4. The number of aryl methyl sites for hydroxylation is 1. The van der Waals surface area contributed by atoms with Crippen LogP contribution in [0.3, 0.4) is 0 Å². The summed E-state index contributed by atoms with van der Waals surface area (Å²) in [6, 6.07) is 8.50. The topological polar surface area (TPSA) is 75.3 Å². The highest BCUT2D eigenvalue weighted by atomic mass is 127. The fourth-order valence-electron chi connectivity index (χ4n) is 2.63. The van der Waals surface area contributed by atoms with Crippen molar-refractivity contribution in [3.05, 3.63) is 46.0 Å². The Kier molecular flexibility index (Phi) is 11.6. The maximum atomic E-state index is 5.13. The van der Waals surface area contributed by atoms with E-state index in [-0.39, 0.29) is 24.0 Å². The number of benzene rings is 1. The lowest BCUT2D eigenvalue weighted by atomic mass is 9.97. The predicted molar refractivity (Wildman–Crippen MR) is 124 cm³/mol. The highest BCUT2D eigenvalue weighted by Gasteiger charge is 2.09. The van der Waals surface area contributed by atoms with Gasteiger partial charge in [-0.1, -0.05) is 46.6 Å². The zero-order valence-corrected chi connectivity index (χ0v) is 20.1. The molecule has 1 unspecified atom stereocenters. The van der Waals surface area contributed by atoms with Crippen molar-refractivity contribution in [2.45, 2.75) is 40.0 Å². The minimum atomic E-state index is 0. The first-order chi connectivity index (χ1) is 12.6. The number of nitrogens with one attached hydrogen (secondary N) is 2. The van der Waals surface area contributed by atoms with Crippen molar-refractivity contribution in [2.75, 3.05) is 19.6 Å². The molecule has 0 radical (unpaired) electrons. The van der Waals surface area contributed by atoms with Crippen LogP contribution in [0.1, 0.15) is 37.5 Å². The third-order valence-electron chi connectivity index (χ3n) is 4.04. The Morgan fingerprint density at radius 3 is 2.74 bits per heavy atom. The van der Waals surface area contributed by atoms with Crippen LogP contribution < -0.4 is 10.6 Å². The van der Waals surface area contributed by atoms with Crippen molar-refractivity contribution >= 4 is 45.9 Å². The molecule has 0 amide bonds. The molecule has 1 atom stereocenters. The highest BCUT2D eigenvalue weighted by molar-refractivity contribution is 14.0. The van der Waals surface area contributed by atoms with Gasteiger partial charge in [-0.2, -0.15) is 4.98 Å². The van der Waals surface area contributed by atoms with E-state index in [1.807, 2.05) is 6.92 Å². The van der Waals surface area contributed by atoms with Crippen LogP contribution in [0.25, 0.3) is 0 Å². The van der Waals surface area contributed by atoms with Crippen LogP contribution in [0.4, 0.5) is 0 Å². The molecule has 0 saturated carbocycles. The lowest BCUT2D eigenvalue weighted by molar-refractivity contribution is 0.374. The molecule has 0 bridgehead atoms. The van der Waals surface area contributed by atoms with Crippen molar-refractivity contribution in [3.8, 4) is 0 Å². The average Bonchev–Trinajstić information content (AvgIpc) is 3.03. The molecule has 6 nitrogen and oxygen atoms in total. The van der Waals surface area contributed by atoms with Gasteiger partial charge in [0.25, 0.3) is 0 Å². The van der Waals surface area contributed by atoms with E-state index in [2.05, 4.69) is 74.8 Å². The molecule has 0 fully saturated rings. The van der Waals surface area contributed by atoms with E-state index in [9.17, 15) is 0 Å². The summed E-state index contributed by atoms with van der Waals surface area (Å²) in [6.45, 7) is 8.43. The molecule has 0 spiro atoms. The summed E-state index contributed by atoms with van der Waals surface area (Å²) in [5, 5.41) is 10.4. The van der Waals surface area contributed by atoms with Crippen molar-refractivity contribution < 1.29 is 4.52 Å². The van der Waals surface area contributed by atoms with Gasteiger partial charge in [0.1, 0.15) is 0 Å². The number of guanidine groups is 1. The van der Waals surface area contributed by atoms with Crippen LogP contribution >= 0.6 is 39.9 Å². The second-order valence-electron chi connectivity index (χ2n) is 6.24. The second-order valence-corrected chi connectivity index (χ2v) is 7.16. The van der Waals surface area contributed by atoms with Crippen LogP contribution in [-0.2, 0) is 12.8 Å². The summed E-state index contributed by atoms with van der Waals surface area (Å²) in [5.74, 6) is 2.65. The van der Waals surface area contributed by atoms with E-state index in [0.717, 1.165) is 36.4 Å². The molecular weight excluding hydrogens is 521 g/mol. The Morgan fingerprint density at radius 2 is 2.11 bits per heavy atom. The Bertz CT molecular complexity index is 707. The molecule has 0 aliphatic carbocycles. The third-order valence-corrected chi connectivity index (χ3v) is 4.54. The van der Waals surface area contributed by atoms with Crippen LogP contribution in [0.15, 0.2) is 38.3 Å². The molecule has 0 aliphatic rings. The number of aromatic nitrogens is 2. The Balaban J connectivity index is 0.00000364. The van der Waals surface area contributed by atoms with E-state index in [1.165, 1.54) is 5.56 Å². The molecule has 1 heterocycles. The van der Waals surface area contributed by atoms with E-state index >= 15 is 0 Å². The maximum Gasteiger partial charge on any atom is 0.228 e. The Hall–Kier alpha value is -1.16.